The summed E-state index contributed by atoms with van der Waals surface area (Å²) >= 11 is 5.44. The van der Waals surface area contributed by atoms with E-state index < -0.39 is 37.7 Å². The van der Waals surface area contributed by atoms with Crippen LogP contribution in [0.3, 0.4) is 0 Å². The highest BCUT2D eigenvalue weighted by molar-refractivity contribution is 7.92. The monoisotopic (exact) mass is 378 g/mol. The van der Waals surface area contributed by atoms with Crippen LogP contribution in [0.15, 0.2) is 47.4 Å². The van der Waals surface area contributed by atoms with Crippen molar-refractivity contribution < 1.29 is 31.5 Å². The number of sulfonamides is 1. The third-order valence-corrected chi connectivity index (χ3v) is 4.61. The molecule has 0 unspecified atom stereocenters. The number of aromatic carboxylic acids is 1. The molecular weight excluding hydrogens is 371 g/mol. The fraction of sp³-hybridized carbons (Fsp3) is 0.0714. The summed E-state index contributed by atoms with van der Waals surface area (Å²) in [6, 6.07) is 6.77. The number of halogens is 4. The Labute approximate surface area is 139 Å². The van der Waals surface area contributed by atoms with Crippen LogP contribution in [0.2, 0.25) is 5.02 Å². The van der Waals surface area contributed by atoms with E-state index >= 15 is 0 Å². The van der Waals surface area contributed by atoms with E-state index in [4.69, 9.17) is 11.6 Å². The van der Waals surface area contributed by atoms with Gasteiger partial charge in [0.25, 0.3) is 10.0 Å². The van der Waals surface area contributed by atoms with Gasteiger partial charge in [-0.05, 0) is 35.9 Å². The van der Waals surface area contributed by atoms with Crippen LogP contribution in [0.4, 0.5) is 18.9 Å². The predicted molar refractivity (Wildman–Crippen MR) is 78.0 cm³/mol. The first kappa shape index (κ1) is 18.1. The van der Waals surface area contributed by atoms with Gasteiger partial charge in [0.2, 0.25) is 0 Å². The van der Waals surface area contributed by atoms with Gasteiger partial charge in [0.05, 0.1) is 21.5 Å². The lowest BCUT2D eigenvalue weighted by atomic mass is 10.2. The van der Waals surface area contributed by atoms with E-state index in [1.54, 1.807) is 0 Å². The number of anilines is 1. The number of benzene rings is 2. The van der Waals surface area contributed by atoms with E-state index in [0.29, 0.717) is 6.07 Å². The fourth-order valence-corrected chi connectivity index (χ4v) is 3.11. The Bertz CT molecular complexity index is 897. The third-order valence-electron chi connectivity index (χ3n) is 2.90. The molecule has 0 radical (unpaired) electrons. The average molecular weight is 379 g/mol. The first-order valence-corrected chi connectivity index (χ1v) is 8.08. The Kier molecular flexibility index (Phi) is 4.77. The topological polar surface area (TPSA) is 86.3 Å². The largest absolute Gasteiger partial charge is 0.545 e. The summed E-state index contributed by atoms with van der Waals surface area (Å²) in [6.07, 6.45) is -4.82. The molecule has 0 aliphatic heterocycles. The van der Waals surface area contributed by atoms with Crippen LogP contribution in [0.1, 0.15) is 15.9 Å². The number of carboxylic acid groups (broad SMARTS) is 1. The third kappa shape index (κ3) is 3.98. The van der Waals surface area contributed by atoms with Crippen LogP contribution in [-0.2, 0) is 16.2 Å². The molecule has 0 atom stereocenters. The molecule has 0 aliphatic rings. The summed E-state index contributed by atoms with van der Waals surface area (Å²) in [5.74, 6) is -1.53. The van der Waals surface area contributed by atoms with Crippen molar-refractivity contribution in [1.82, 2.24) is 0 Å². The maximum Gasteiger partial charge on any atom is 0.417 e. The van der Waals surface area contributed by atoms with Crippen LogP contribution in [-0.4, -0.2) is 14.4 Å². The number of rotatable bonds is 4. The van der Waals surface area contributed by atoms with E-state index in [0.717, 1.165) is 18.2 Å². The molecule has 0 aliphatic carbocycles. The van der Waals surface area contributed by atoms with Crippen molar-refractivity contribution in [3.05, 3.63) is 58.6 Å². The summed E-state index contributed by atoms with van der Waals surface area (Å²) < 4.78 is 64.8. The van der Waals surface area contributed by atoms with Gasteiger partial charge in [-0.3, -0.25) is 4.72 Å². The molecule has 10 heteroatoms. The summed E-state index contributed by atoms with van der Waals surface area (Å²) in [4.78, 5) is 10.1. The summed E-state index contributed by atoms with van der Waals surface area (Å²) in [5.41, 5.74) is -1.72. The maximum atomic E-state index is 12.8. The second kappa shape index (κ2) is 6.33. The molecule has 5 nitrogen and oxygen atoms in total. The number of alkyl halides is 3. The second-order valence-electron chi connectivity index (χ2n) is 4.61. The molecule has 0 fully saturated rings. The van der Waals surface area contributed by atoms with Gasteiger partial charge in [0, 0.05) is 5.69 Å². The highest BCUT2D eigenvalue weighted by Gasteiger charge is 2.34. The van der Waals surface area contributed by atoms with Crippen LogP contribution in [0.5, 0.6) is 0 Å². The Morgan fingerprint density at radius 2 is 1.79 bits per heavy atom. The summed E-state index contributed by atoms with van der Waals surface area (Å²) in [6.45, 7) is 0. The molecule has 1 N–H and O–H groups in total. The molecule has 0 amide bonds. The molecule has 128 valence electrons. The zero-order valence-corrected chi connectivity index (χ0v) is 13.2. The minimum atomic E-state index is -4.82. The molecule has 2 aromatic rings. The van der Waals surface area contributed by atoms with Gasteiger partial charge in [-0.2, -0.15) is 13.2 Å². The number of hydrogen-bond donors (Lipinski definition) is 1. The molecule has 2 aromatic carbocycles. The summed E-state index contributed by atoms with van der Waals surface area (Å²) in [7, 11) is -4.38. The quantitative estimate of drug-likeness (QED) is 0.885. The Hall–Kier alpha value is -2.26. The van der Waals surface area contributed by atoms with Crippen molar-refractivity contribution >= 4 is 33.3 Å². The molecule has 0 saturated heterocycles. The highest BCUT2D eigenvalue weighted by atomic mass is 35.5. The summed E-state index contributed by atoms with van der Waals surface area (Å²) in [5, 5.41) is 10.1. The van der Waals surface area contributed by atoms with E-state index in [9.17, 15) is 31.5 Å². The first-order valence-electron chi connectivity index (χ1n) is 6.22. The first-order chi connectivity index (χ1) is 11.0. The van der Waals surface area contributed by atoms with E-state index in [1.165, 1.54) is 18.2 Å². The zero-order chi connectivity index (χ0) is 18.1. The van der Waals surface area contributed by atoms with Crippen LogP contribution in [0.25, 0.3) is 0 Å². The van der Waals surface area contributed by atoms with Gasteiger partial charge < -0.3 is 9.90 Å². The lowest BCUT2D eigenvalue weighted by Crippen LogP contribution is -2.22. The number of carbonyl (C=O) groups is 1. The molecule has 0 saturated carbocycles. The minimum Gasteiger partial charge on any atom is -0.545 e. The van der Waals surface area contributed by atoms with Gasteiger partial charge in [-0.15, -0.1) is 0 Å². The van der Waals surface area contributed by atoms with Crippen molar-refractivity contribution in [3.8, 4) is 0 Å². The van der Waals surface area contributed by atoms with E-state index in [1.807, 2.05) is 4.72 Å². The number of nitrogens with one attached hydrogen (secondary N) is 1. The molecule has 0 bridgehead atoms. The Morgan fingerprint density at radius 3 is 2.38 bits per heavy atom. The average Bonchev–Trinajstić information content (AvgIpc) is 2.46. The standard InChI is InChI=1S/C14H9ClF3NO4S/c15-12-5-4-10(7-11(12)14(16,17)18)24(22,23)19-9-3-1-2-8(6-9)13(20)21/h1-7,19H,(H,20,21)/p-1. The van der Waals surface area contributed by atoms with Crippen LogP contribution < -0.4 is 9.83 Å². The highest BCUT2D eigenvalue weighted by Crippen LogP contribution is 2.36. The van der Waals surface area contributed by atoms with E-state index in [2.05, 4.69) is 0 Å². The van der Waals surface area contributed by atoms with Crippen LogP contribution >= 0.6 is 11.6 Å². The molecule has 0 heterocycles. The number of hydrogen-bond acceptors (Lipinski definition) is 4. The van der Waals surface area contributed by atoms with Crippen LogP contribution in [0, 0.1) is 0 Å². The predicted octanol–water partition coefficient (Wildman–Crippen LogP) is 2.52. The van der Waals surface area contributed by atoms with Crippen molar-refractivity contribution in [1.29, 1.82) is 0 Å². The van der Waals surface area contributed by atoms with Gasteiger partial charge in [0.15, 0.2) is 0 Å². The smallest absolute Gasteiger partial charge is 0.417 e. The molecule has 0 spiro atoms. The lowest BCUT2D eigenvalue weighted by Gasteiger charge is -2.13. The van der Waals surface area contributed by atoms with Gasteiger partial charge in [-0.1, -0.05) is 23.7 Å². The van der Waals surface area contributed by atoms with Gasteiger partial charge >= 0.3 is 6.18 Å². The SMILES string of the molecule is O=C([O-])c1cccc(NS(=O)(=O)c2ccc(Cl)c(C(F)(F)F)c2)c1. The molecule has 2 rings (SSSR count). The zero-order valence-electron chi connectivity index (χ0n) is 11.6. The maximum absolute atomic E-state index is 12.8. The van der Waals surface area contributed by atoms with Crippen molar-refractivity contribution in [2.45, 2.75) is 11.1 Å². The van der Waals surface area contributed by atoms with Crippen molar-refractivity contribution in [2.24, 2.45) is 0 Å². The minimum absolute atomic E-state index is 0.139. The second-order valence-corrected chi connectivity index (χ2v) is 6.70. The Morgan fingerprint density at radius 1 is 1.12 bits per heavy atom. The van der Waals surface area contributed by atoms with Crippen molar-refractivity contribution in [3.63, 3.8) is 0 Å². The molecule has 24 heavy (non-hydrogen) atoms. The van der Waals surface area contributed by atoms with Gasteiger partial charge in [-0.25, -0.2) is 8.42 Å². The van der Waals surface area contributed by atoms with Gasteiger partial charge in [0.1, 0.15) is 0 Å². The Balaban J connectivity index is 2.41. The molecular formula is C14H8ClF3NO4S-. The molecule has 0 aromatic heterocycles. The normalized spacial score (nSPS) is 12.0. The lowest BCUT2D eigenvalue weighted by molar-refractivity contribution is -0.255. The number of carbonyl (C=O) groups excluding carboxylic acids is 1. The van der Waals surface area contributed by atoms with Crippen molar-refractivity contribution in [2.75, 3.05) is 4.72 Å². The fourth-order valence-electron chi connectivity index (χ4n) is 1.81. The van der Waals surface area contributed by atoms with E-state index in [-0.39, 0.29) is 11.3 Å². The number of carboxylic acids is 1.